The van der Waals surface area contributed by atoms with E-state index in [2.05, 4.69) is 11.9 Å². The molecule has 0 saturated carbocycles. The number of carbonyl (C=O) groups is 2. The quantitative estimate of drug-likeness (QED) is 0.355. The summed E-state index contributed by atoms with van der Waals surface area (Å²) in [7, 11) is 7.89. The summed E-state index contributed by atoms with van der Waals surface area (Å²) in [5.41, 5.74) is 0.352. The van der Waals surface area contributed by atoms with Gasteiger partial charge in [0.05, 0.1) is 6.54 Å². The normalized spacial score (nSPS) is 10.7. The number of esters is 1. The topological polar surface area (TPSA) is 65.1 Å². The van der Waals surface area contributed by atoms with Crippen LogP contribution in [-0.2, 0) is 9.53 Å². The van der Waals surface area contributed by atoms with Gasteiger partial charge in [0, 0.05) is 31.8 Å². The molecule has 0 fully saturated rings. The minimum atomic E-state index is -0.439. The molecule has 0 radical (unpaired) electrons. The van der Waals surface area contributed by atoms with Crippen molar-refractivity contribution >= 4 is 12.0 Å². The third kappa shape index (κ3) is 10.2. The summed E-state index contributed by atoms with van der Waals surface area (Å²) in [6.07, 6.45) is 0. The Labute approximate surface area is 133 Å². The van der Waals surface area contributed by atoms with E-state index in [1.165, 1.54) is 0 Å². The first-order valence-electron chi connectivity index (χ1n) is 7.39. The summed E-state index contributed by atoms with van der Waals surface area (Å²) >= 11 is 0. The number of nitrogens with one attached hydrogen (secondary N) is 1. The van der Waals surface area contributed by atoms with Gasteiger partial charge < -0.3 is 24.8 Å². The van der Waals surface area contributed by atoms with Crippen LogP contribution in [0.1, 0.15) is 6.92 Å². The Bertz CT molecular complexity index is 358. The Balaban J connectivity index is 4.19. The maximum absolute atomic E-state index is 12.2. The van der Waals surface area contributed by atoms with Gasteiger partial charge in [0.2, 0.25) is 0 Å². The molecule has 0 aliphatic rings. The summed E-state index contributed by atoms with van der Waals surface area (Å²) in [6, 6.07) is -0.143. The Morgan fingerprint density at radius 1 is 1.00 bits per heavy atom. The molecule has 7 heteroatoms. The highest BCUT2D eigenvalue weighted by Crippen LogP contribution is 1.94. The first-order valence-corrected chi connectivity index (χ1v) is 7.39. The second-order valence-electron chi connectivity index (χ2n) is 5.74. The van der Waals surface area contributed by atoms with Crippen molar-refractivity contribution in [2.45, 2.75) is 6.92 Å². The average Bonchev–Trinajstić information content (AvgIpc) is 2.42. The van der Waals surface area contributed by atoms with Crippen LogP contribution in [0.3, 0.4) is 0 Å². The van der Waals surface area contributed by atoms with Crippen LogP contribution in [0.5, 0.6) is 0 Å². The van der Waals surface area contributed by atoms with E-state index in [9.17, 15) is 9.59 Å². The monoisotopic (exact) mass is 314 g/mol. The lowest BCUT2D eigenvalue weighted by Crippen LogP contribution is -2.46. The minimum Gasteiger partial charge on any atom is -0.460 e. The molecule has 0 saturated heterocycles. The van der Waals surface area contributed by atoms with Gasteiger partial charge in [0.1, 0.15) is 6.61 Å². The molecule has 0 heterocycles. The van der Waals surface area contributed by atoms with E-state index in [0.717, 1.165) is 13.1 Å². The molecule has 0 spiro atoms. The SMILES string of the molecule is C=C(C)C(=O)OCCNC(=O)N(CCN(C)C)CCN(C)C. The van der Waals surface area contributed by atoms with Crippen molar-refractivity contribution in [2.24, 2.45) is 0 Å². The van der Waals surface area contributed by atoms with Crippen LogP contribution in [0.15, 0.2) is 12.2 Å². The Hall–Kier alpha value is -1.60. The van der Waals surface area contributed by atoms with E-state index in [1.54, 1.807) is 11.8 Å². The summed E-state index contributed by atoms with van der Waals surface area (Å²) in [5.74, 6) is -0.439. The number of hydrogen-bond donors (Lipinski definition) is 1. The van der Waals surface area contributed by atoms with Gasteiger partial charge in [-0.2, -0.15) is 0 Å². The Morgan fingerprint density at radius 2 is 1.50 bits per heavy atom. The molecule has 0 atom stereocenters. The van der Waals surface area contributed by atoms with E-state index in [1.807, 2.05) is 38.0 Å². The van der Waals surface area contributed by atoms with Crippen molar-refractivity contribution in [1.82, 2.24) is 20.0 Å². The molecule has 128 valence electrons. The zero-order valence-corrected chi connectivity index (χ0v) is 14.5. The number of hydrogen-bond acceptors (Lipinski definition) is 5. The number of ether oxygens (including phenoxy) is 1. The van der Waals surface area contributed by atoms with E-state index in [-0.39, 0.29) is 19.2 Å². The lowest BCUT2D eigenvalue weighted by Gasteiger charge is -2.26. The van der Waals surface area contributed by atoms with E-state index >= 15 is 0 Å². The fourth-order valence-corrected chi connectivity index (χ4v) is 1.49. The largest absolute Gasteiger partial charge is 0.460 e. The molecule has 2 amide bonds. The summed E-state index contributed by atoms with van der Waals surface area (Å²) in [5, 5.41) is 2.77. The van der Waals surface area contributed by atoms with Crippen LogP contribution < -0.4 is 5.32 Å². The predicted molar refractivity (Wildman–Crippen MR) is 87.9 cm³/mol. The molecule has 22 heavy (non-hydrogen) atoms. The van der Waals surface area contributed by atoms with E-state index in [4.69, 9.17) is 4.74 Å². The van der Waals surface area contributed by atoms with Crippen molar-refractivity contribution in [3.05, 3.63) is 12.2 Å². The summed E-state index contributed by atoms with van der Waals surface area (Å²) in [6.45, 7) is 8.42. The summed E-state index contributed by atoms with van der Waals surface area (Å²) < 4.78 is 4.94. The highest BCUT2D eigenvalue weighted by molar-refractivity contribution is 5.86. The molecule has 0 aliphatic carbocycles. The fraction of sp³-hybridized carbons (Fsp3) is 0.733. The van der Waals surface area contributed by atoms with Crippen molar-refractivity contribution in [1.29, 1.82) is 0 Å². The molecule has 0 aliphatic heterocycles. The standard InChI is InChI=1S/C15H30N4O3/c1-13(2)14(20)22-12-7-16-15(21)19(10-8-17(3)4)11-9-18(5)6/h1,7-12H2,2-6H3,(H,16,21). The van der Waals surface area contributed by atoms with Gasteiger partial charge in [0.15, 0.2) is 0 Å². The van der Waals surface area contributed by atoms with Gasteiger partial charge in [-0.05, 0) is 35.1 Å². The van der Waals surface area contributed by atoms with E-state index in [0.29, 0.717) is 18.7 Å². The zero-order chi connectivity index (χ0) is 17.1. The number of amides is 2. The number of nitrogens with zero attached hydrogens (tertiary/aromatic N) is 3. The molecule has 0 unspecified atom stereocenters. The second kappa shape index (κ2) is 11.0. The Morgan fingerprint density at radius 3 is 1.91 bits per heavy atom. The minimum absolute atomic E-state index is 0.143. The number of likely N-dealkylation sites (N-methyl/N-ethyl adjacent to an activating group) is 2. The van der Waals surface area contributed by atoms with Crippen molar-refractivity contribution < 1.29 is 14.3 Å². The van der Waals surface area contributed by atoms with Crippen LogP contribution in [0.2, 0.25) is 0 Å². The number of carbonyl (C=O) groups excluding carboxylic acids is 2. The fourth-order valence-electron chi connectivity index (χ4n) is 1.49. The maximum atomic E-state index is 12.2. The average molecular weight is 314 g/mol. The molecule has 0 aromatic carbocycles. The smallest absolute Gasteiger partial charge is 0.333 e. The van der Waals surface area contributed by atoms with Crippen LogP contribution in [0.4, 0.5) is 4.79 Å². The molecule has 0 aromatic rings. The van der Waals surface area contributed by atoms with Crippen LogP contribution in [0, 0.1) is 0 Å². The van der Waals surface area contributed by atoms with Gasteiger partial charge in [0.25, 0.3) is 0 Å². The van der Waals surface area contributed by atoms with Crippen LogP contribution >= 0.6 is 0 Å². The zero-order valence-electron chi connectivity index (χ0n) is 14.5. The van der Waals surface area contributed by atoms with Crippen LogP contribution in [-0.4, -0.2) is 94.2 Å². The molecule has 7 nitrogen and oxygen atoms in total. The van der Waals surface area contributed by atoms with Crippen LogP contribution in [0.25, 0.3) is 0 Å². The molecule has 1 N–H and O–H groups in total. The summed E-state index contributed by atoms with van der Waals surface area (Å²) in [4.78, 5) is 29.2. The van der Waals surface area contributed by atoms with Gasteiger partial charge in [-0.1, -0.05) is 6.58 Å². The van der Waals surface area contributed by atoms with Gasteiger partial charge >= 0.3 is 12.0 Å². The first kappa shape index (κ1) is 20.4. The number of rotatable bonds is 10. The third-order valence-electron chi connectivity index (χ3n) is 2.88. The molecule has 0 aromatic heterocycles. The van der Waals surface area contributed by atoms with Gasteiger partial charge in [-0.25, -0.2) is 9.59 Å². The van der Waals surface area contributed by atoms with Crippen molar-refractivity contribution in [3.63, 3.8) is 0 Å². The van der Waals surface area contributed by atoms with Crippen molar-refractivity contribution in [2.75, 3.05) is 67.5 Å². The van der Waals surface area contributed by atoms with Crippen molar-refractivity contribution in [3.8, 4) is 0 Å². The first-order chi connectivity index (χ1) is 10.2. The number of urea groups is 1. The molecule has 0 rings (SSSR count). The van der Waals surface area contributed by atoms with Gasteiger partial charge in [-0.15, -0.1) is 0 Å². The maximum Gasteiger partial charge on any atom is 0.333 e. The van der Waals surface area contributed by atoms with E-state index < -0.39 is 5.97 Å². The molecule has 0 bridgehead atoms. The molecular formula is C15H30N4O3. The molecular weight excluding hydrogens is 284 g/mol. The van der Waals surface area contributed by atoms with Gasteiger partial charge in [-0.3, -0.25) is 0 Å². The predicted octanol–water partition coefficient (Wildman–Crippen LogP) is 0.241. The lowest BCUT2D eigenvalue weighted by atomic mass is 10.4. The highest BCUT2D eigenvalue weighted by Gasteiger charge is 2.13. The highest BCUT2D eigenvalue weighted by atomic mass is 16.5. The second-order valence-corrected chi connectivity index (χ2v) is 5.74. The lowest BCUT2D eigenvalue weighted by molar-refractivity contribution is -0.138. The Kier molecular flexibility index (Phi) is 10.2. The third-order valence-corrected chi connectivity index (χ3v) is 2.88.